The summed E-state index contributed by atoms with van der Waals surface area (Å²) in [5.41, 5.74) is 7.79. The summed E-state index contributed by atoms with van der Waals surface area (Å²) in [5, 5.41) is 0. The Kier molecular flexibility index (Phi) is 1.73. The molecule has 0 saturated carbocycles. The van der Waals surface area contributed by atoms with Crippen molar-refractivity contribution in [2.24, 2.45) is 0 Å². The number of fused-ring (bicyclic) bond motifs is 1. The SMILES string of the molecule is CC12NOC(C)(c3ccccc31)c1ccccc12. The Morgan fingerprint density at radius 2 is 1.22 bits per heavy atom. The number of hydroxylamine groups is 1. The largest absolute Gasteiger partial charge is 0.285 e. The van der Waals surface area contributed by atoms with E-state index >= 15 is 0 Å². The summed E-state index contributed by atoms with van der Waals surface area (Å²) in [7, 11) is 0. The van der Waals surface area contributed by atoms with E-state index in [4.69, 9.17) is 4.84 Å². The fraction of sp³-hybridized carbons (Fsp3) is 0.250. The third-order valence-electron chi connectivity index (χ3n) is 4.42. The van der Waals surface area contributed by atoms with Gasteiger partial charge in [-0.2, -0.15) is 5.48 Å². The van der Waals surface area contributed by atoms with Crippen LogP contribution in [0.4, 0.5) is 0 Å². The van der Waals surface area contributed by atoms with Gasteiger partial charge in [0.15, 0.2) is 0 Å². The Hall–Kier alpha value is -1.64. The van der Waals surface area contributed by atoms with E-state index in [0.29, 0.717) is 0 Å². The van der Waals surface area contributed by atoms with Crippen LogP contribution in [-0.4, -0.2) is 0 Å². The van der Waals surface area contributed by atoms with Crippen molar-refractivity contribution in [3.05, 3.63) is 70.8 Å². The minimum atomic E-state index is -0.384. The van der Waals surface area contributed by atoms with Gasteiger partial charge in [0.1, 0.15) is 5.60 Å². The summed E-state index contributed by atoms with van der Waals surface area (Å²) < 4.78 is 0. The first-order chi connectivity index (χ1) is 8.66. The number of benzene rings is 2. The van der Waals surface area contributed by atoms with E-state index in [1.54, 1.807) is 0 Å². The lowest BCUT2D eigenvalue weighted by molar-refractivity contribution is -0.138. The lowest BCUT2D eigenvalue weighted by Gasteiger charge is -2.52. The van der Waals surface area contributed by atoms with Crippen LogP contribution < -0.4 is 5.48 Å². The van der Waals surface area contributed by atoms with Crippen LogP contribution in [0, 0.1) is 0 Å². The van der Waals surface area contributed by atoms with Crippen LogP contribution in [0.5, 0.6) is 0 Å². The summed E-state index contributed by atoms with van der Waals surface area (Å²) in [4.78, 5) is 5.97. The van der Waals surface area contributed by atoms with Crippen LogP contribution in [0.1, 0.15) is 36.1 Å². The molecule has 18 heavy (non-hydrogen) atoms. The second kappa shape index (κ2) is 3.02. The van der Waals surface area contributed by atoms with E-state index in [9.17, 15) is 0 Å². The second-order valence-electron chi connectivity index (χ2n) is 5.45. The second-order valence-corrected chi connectivity index (χ2v) is 5.45. The first kappa shape index (κ1) is 10.3. The first-order valence-corrected chi connectivity index (χ1v) is 6.31. The average Bonchev–Trinajstić information content (AvgIpc) is 2.43. The average molecular weight is 237 g/mol. The van der Waals surface area contributed by atoms with E-state index in [2.05, 4.69) is 67.9 Å². The Morgan fingerprint density at radius 1 is 0.778 bits per heavy atom. The van der Waals surface area contributed by atoms with Crippen molar-refractivity contribution < 1.29 is 4.84 Å². The highest BCUT2D eigenvalue weighted by molar-refractivity contribution is 5.58. The highest BCUT2D eigenvalue weighted by Gasteiger charge is 2.52. The molecule has 2 aromatic carbocycles. The van der Waals surface area contributed by atoms with Gasteiger partial charge in [-0.25, -0.2) is 0 Å². The molecule has 0 amide bonds. The molecule has 2 heteroatoms. The minimum absolute atomic E-state index is 0.245. The molecular formula is C16H15NO. The zero-order chi connectivity index (χ0) is 12.4. The van der Waals surface area contributed by atoms with Crippen molar-refractivity contribution in [3.8, 4) is 0 Å². The zero-order valence-corrected chi connectivity index (χ0v) is 10.5. The highest BCUT2D eigenvalue weighted by Crippen LogP contribution is 2.52. The van der Waals surface area contributed by atoms with Crippen LogP contribution in [0.3, 0.4) is 0 Å². The zero-order valence-electron chi connectivity index (χ0n) is 10.5. The van der Waals surface area contributed by atoms with Gasteiger partial charge in [0.25, 0.3) is 0 Å². The molecule has 0 radical (unpaired) electrons. The maximum absolute atomic E-state index is 5.97. The monoisotopic (exact) mass is 237 g/mol. The molecule has 0 unspecified atom stereocenters. The maximum Gasteiger partial charge on any atom is 0.137 e. The molecule has 0 aromatic heterocycles. The van der Waals surface area contributed by atoms with Gasteiger partial charge in [-0.05, 0) is 36.1 Å². The molecule has 0 atom stereocenters. The lowest BCUT2D eigenvalue weighted by Crippen LogP contribution is -2.57. The van der Waals surface area contributed by atoms with Crippen molar-refractivity contribution in [2.45, 2.75) is 25.0 Å². The van der Waals surface area contributed by atoms with Gasteiger partial charge in [0, 0.05) is 0 Å². The minimum Gasteiger partial charge on any atom is -0.285 e. The first-order valence-electron chi connectivity index (χ1n) is 6.31. The van der Waals surface area contributed by atoms with Gasteiger partial charge in [0.2, 0.25) is 0 Å². The Morgan fingerprint density at radius 3 is 1.72 bits per heavy atom. The van der Waals surface area contributed by atoms with Crippen LogP contribution in [0.25, 0.3) is 0 Å². The predicted molar refractivity (Wildman–Crippen MR) is 70.0 cm³/mol. The fourth-order valence-electron chi connectivity index (χ4n) is 3.38. The topological polar surface area (TPSA) is 21.3 Å². The Bertz CT molecular complexity index is 544. The summed E-state index contributed by atoms with van der Waals surface area (Å²) >= 11 is 0. The van der Waals surface area contributed by atoms with E-state index in [-0.39, 0.29) is 11.1 Å². The van der Waals surface area contributed by atoms with Gasteiger partial charge >= 0.3 is 0 Å². The van der Waals surface area contributed by atoms with Gasteiger partial charge in [-0.3, -0.25) is 4.84 Å². The number of hydrogen-bond acceptors (Lipinski definition) is 2. The molecule has 0 spiro atoms. The van der Waals surface area contributed by atoms with Gasteiger partial charge < -0.3 is 0 Å². The molecule has 2 aliphatic heterocycles. The normalized spacial score (nSPS) is 31.9. The molecule has 3 aliphatic rings. The Balaban J connectivity index is 2.16. The van der Waals surface area contributed by atoms with Crippen molar-refractivity contribution in [3.63, 3.8) is 0 Å². The summed E-state index contributed by atoms with van der Waals surface area (Å²) in [6.07, 6.45) is 0. The standard InChI is InChI=1S/C16H15NO/c1-15-11-7-3-5-9-13(11)16(2,18-17-15)14-10-6-4-8-12(14)15/h3-10,17H,1-2H3. The van der Waals surface area contributed by atoms with E-state index in [1.807, 2.05) is 0 Å². The number of rotatable bonds is 0. The van der Waals surface area contributed by atoms with Crippen LogP contribution in [0.15, 0.2) is 48.5 Å². The van der Waals surface area contributed by atoms with Crippen LogP contribution in [-0.2, 0) is 16.0 Å². The third-order valence-corrected chi connectivity index (χ3v) is 4.42. The lowest BCUT2D eigenvalue weighted by atomic mass is 9.66. The highest BCUT2D eigenvalue weighted by atomic mass is 16.7. The van der Waals surface area contributed by atoms with Crippen molar-refractivity contribution in [1.82, 2.24) is 5.48 Å². The predicted octanol–water partition coefficient (Wildman–Crippen LogP) is 3.06. The van der Waals surface area contributed by atoms with Crippen molar-refractivity contribution in [1.29, 1.82) is 0 Å². The fourth-order valence-corrected chi connectivity index (χ4v) is 3.38. The van der Waals surface area contributed by atoms with Crippen LogP contribution >= 0.6 is 0 Å². The molecule has 1 aliphatic carbocycles. The van der Waals surface area contributed by atoms with E-state index < -0.39 is 0 Å². The molecular weight excluding hydrogens is 222 g/mol. The molecule has 1 N–H and O–H groups in total. The maximum atomic E-state index is 5.97. The third kappa shape index (κ3) is 0.972. The smallest absolute Gasteiger partial charge is 0.137 e. The molecule has 2 heterocycles. The molecule has 0 saturated heterocycles. The number of hydrogen-bond donors (Lipinski definition) is 1. The van der Waals surface area contributed by atoms with Gasteiger partial charge in [0.05, 0.1) is 5.54 Å². The molecule has 2 nitrogen and oxygen atoms in total. The summed E-state index contributed by atoms with van der Waals surface area (Å²) in [6.45, 7) is 4.32. The summed E-state index contributed by atoms with van der Waals surface area (Å²) in [6, 6.07) is 17.1. The molecule has 2 aromatic rings. The number of nitrogens with one attached hydrogen (secondary N) is 1. The van der Waals surface area contributed by atoms with Crippen molar-refractivity contribution >= 4 is 0 Å². The molecule has 5 rings (SSSR count). The van der Waals surface area contributed by atoms with Crippen molar-refractivity contribution in [2.75, 3.05) is 0 Å². The quantitative estimate of drug-likeness (QED) is 0.760. The summed E-state index contributed by atoms with van der Waals surface area (Å²) in [5.74, 6) is 0. The molecule has 90 valence electrons. The van der Waals surface area contributed by atoms with Gasteiger partial charge in [-0.1, -0.05) is 48.5 Å². The molecule has 0 fully saturated rings. The Labute approximate surface area is 107 Å². The van der Waals surface area contributed by atoms with Crippen LogP contribution in [0.2, 0.25) is 0 Å². The van der Waals surface area contributed by atoms with Gasteiger partial charge in [-0.15, -0.1) is 0 Å². The molecule has 2 bridgehead atoms. The van der Waals surface area contributed by atoms with E-state index in [0.717, 1.165) is 0 Å². The van der Waals surface area contributed by atoms with E-state index in [1.165, 1.54) is 22.3 Å².